The van der Waals surface area contributed by atoms with Gasteiger partial charge in [0.2, 0.25) is 10.0 Å². The molecule has 210 valence electrons. The number of likely N-dealkylation sites (tertiary alicyclic amines) is 1. The van der Waals surface area contributed by atoms with Crippen molar-refractivity contribution in [1.29, 1.82) is 0 Å². The van der Waals surface area contributed by atoms with Crippen LogP contribution in [0.4, 0.5) is 13.2 Å². The molecule has 2 N–H and O–H groups in total. The summed E-state index contributed by atoms with van der Waals surface area (Å²) in [6.07, 6.45) is -0.516. The predicted molar refractivity (Wildman–Crippen MR) is 134 cm³/mol. The molecule has 0 spiro atoms. The van der Waals surface area contributed by atoms with Crippen LogP contribution in [0.5, 0.6) is 0 Å². The third-order valence-electron chi connectivity index (χ3n) is 6.07. The Morgan fingerprint density at radius 3 is 2.19 bits per heavy atom. The maximum atomic E-state index is 13.2. The minimum absolute atomic E-state index is 0.0626. The number of carboxylic acid groups (broad SMARTS) is 1. The minimum Gasteiger partial charge on any atom is -0.475 e. The van der Waals surface area contributed by atoms with Gasteiger partial charge in [-0.3, -0.25) is 4.79 Å². The zero-order chi connectivity index (χ0) is 27.5. The number of carboxylic acids is 1. The largest absolute Gasteiger partial charge is 0.490 e. The van der Waals surface area contributed by atoms with Gasteiger partial charge in [0.1, 0.15) is 0 Å². The van der Waals surface area contributed by atoms with Gasteiger partial charge in [-0.05, 0) is 51.0 Å². The summed E-state index contributed by atoms with van der Waals surface area (Å²) in [5, 5.41) is 10.7. The number of hydrogen-bond acceptors (Lipinski definition) is 6. The Balaban J connectivity index is 0.000000604. The summed E-state index contributed by atoms with van der Waals surface area (Å²) in [6.45, 7) is 6.14. The second kappa shape index (κ2) is 14.9. The van der Waals surface area contributed by atoms with Crippen LogP contribution in [0.2, 0.25) is 5.02 Å². The average molecular weight is 571 g/mol. The predicted octanol–water partition coefficient (Wildman–Crippen LogP) is 2.53. The number of aliphatic carboxylic acids is 1. The van der Waals surface area contributed by atoms with Gasteiger partial charge >= 0.3 is 12.1 Å². The summed E-state index contributed by atoms with van der Waals surface area (Å²) in [5.74, 6) is -3.02. The lowest BCUT2D eigenvalue weighted by Gasteiger charge is -2.30. The van der Waals surface area contributed by atoms with Crippen molar-refractivity contribution in [2.75, 3.05) is 64.7 Å². The number of rotatable bonds is 9. The third kappa shape index (κ3) is 10.8. The molecule has 2 aliphatic rings. The Hall–Kier alpha value is -1.93. The molecule has 0 aromatic heterocycles. The lowest BCUT2D eigenvalue weighted by Crippen LogP contribution is -2.48. The number of sulfonamides is 1. The van der Waals surface area contributed by atoms with Gasteiger partial charge in [-0.2, -0.15) is 17.5 Å². The second-order valence-electron chi connectivity index (χ2n) is 8.80. The number of piperazine rings is 1. The summed E-state index contributed by atoms with van der Waals surface area (Å²) < 4.78 is 58.8. The lowest BCUT2D eigenvalue weighted by atomic mass is 10.1. The van der Waals surface area contributed by atoms with Gasteiger partial charge in [-0.1, -0.05) is 30.2 Å². The Bertz CT molecular complexity index is 985. The number of nitrogens with zero attached hydrogens (tertiary/aromatic N) is 3. The van der Waals surface area contributed by atoms with Crippen LogP contribution in [0.3, 0.4) is 0 Å². The van der Waals surface area contributed by atoms with Crippen LogP contribution < -0.4 is 5.32 Å². The summed E-state index contributed by atoms with van der Waals surface area (Å²) in [7, 11) is -3.39. The molecule has 2 saturated heterocycles. The van der Waals surface area contributed by atoms with Gasteiger partial charge in [0.15, 0.2) is 0 Å². The van der Waals surface area contributed by atoms with Gasteiger partial charge in [0, 0.05) is 39.3 Å². The van der Waals surface area contributed by atoms with Gasteiger partial charge < -0.3 is 20.2 Å². The Labute approximate surface area is 220 Å². The van der Waals surface area contributed by atoms with E-state index in [4.69, 9.17) is 21.5 Å². The fraction of sp³-hybridized carbons (Fsp3) is 0.652. The molecule has 1 amide bonds. The van der Waals surface area contributed by atoms with E-state index in [1.807, 2.05) is 0 Å². The maximum absolute atomic E-state index is 13.2. The molecule has 0 aliphatic carbocycles. The summed E-state index contributed by atoms with van der Waals surface area (Å²) in [4.78, 5) is 26.1. The molecule has 2 aliphatic heterocycles. The molecule has 0 saturated carbocycles. The number of carbonyl (C=O) groups excluding carboxylic acids is 1. The van der Waals surface area contributed by atoms with E-state index >= 15 is 0 Å². The molecule has 0 unspecified atom stereocenters. The molecule has 0 radical (unpaired) electrons. The highest BCUT2D eigenvalue weighted by molar-refractivity contribution is 7.89. The minimum atomic E-state index is -5.08. The Morgan fingerprint density at radius 1 is 1.03 bits per heavy atom. The van der Waals surface area contributed by atoms with E-state index in [2.05, 4.69) is 10.2 Å². The first-order chi connectivity index (χ1) is 17.4. The van der Waals surface area contributed by atoms with E-state index in [1.54, 1.807) is 29.2 Å². The van der Waals surface area contributed by atoms with E-state index in [9.17, 15) is 26.4 Å². The number of piperidine rings is 1. The molecule has 0 bridgehead atoms. The molecule has 2 fully saturated rings. The van der Waals surface area contributed by atoms with Crippen molar-refractivity contribution in [3.63, 3.8) is 0 Å². The monoisotopic (exact) mass is 570 g/mol. The number of hydrogen-bond donors (Lipinski definition) is 2. The van der Waals surface area contributed by atoms with Crippen LogP contribution in [-0.2, 0) is 14.8 Å². The standard InChI is InChI=1S/C21H33ClN4O3S.C2HF3O2/c22-20-8-3-2-7-19(20)21(27)25(14-6-13-24-11-4-1-5-12-24)17-18-30(28,29)26-15-9-23-10-16-26;3-2(4,5)1(6)7/h2-3,7-8,23H,1,4-6,9-18H2;(H,6,7). The van der Waals surface area contributed by atoms with Crippen molar-refractivity contribution in [2.45, 2.75) is 31.9 Å². The van der Waals surface area contributed by atoms with Crippen molar-refractivity contribution in [1.82, 2.24) is 19.4 Å². The van der Waals surface area contributed by atoms with E-state index in [0.29, 0.717) is 43.3 Å². The summed E-state index contributed by atoms with van der Waals surface area (Å²) in [6, 6.07) is 6.96. The molecule has 1 aromatic carbocycles. The SMILES string of the molecule is O=C(O)C(F)(F)F.O=C(c1ccccc1Cl)N(CCCN1CCCCC1)CCS(=O)(=O)N1CCNCC1. The maximum Gasteiger partial charge on any atom is 0.490 e. The molecule has 0 atom stereocenters. The van der Waals surface area contributed by atoms with Crippen molar-refractivity contribution in [3.05, 3.63) is 34.9 Å². The number of nitrogens with one attached hydrogen (secondary N) is 1. The fourth-order valence-corrected chi connectivity index (χ4v) is 5.73. The quantitative estimate of drug-likeness (QED) is 0.469. The van der Waals surface area contributed by atoms with Crippen molar-refractivity contribution in [3.8, 4) is 0 Å². The number of amides is 1. The van der Waals surface area contributed by atoms with Gasteiger partial charge in [-0.15, -0.1) is 0 Å². The van der Waals surface area contributed by atoms with E-state index in [-0.39, 0.29) is 18.2 Å². The number of carbonyl (C=O) groups is 2. The van der Waals surface area contributed by atoms with Crippen molar-refractivity contribution >= 4 is 33.5 Å². The first kappa shape index (κ1) is 31.3. The third-order valence-corrected chi connectivity index (χ3v) is 8.25. The number of alkyl halides is 3. The van der Waals surface area contributed by atoms with Crippen molar-refractivity contribution in [2.24, 2.45) is 0 Å². The zero-order valence-corrected chi connectivity index (χ0v) is 22.1. The average Bonchev–Trinajstić information content (AvgIpc) is 2.87. The van der Waals surface area contributed by atoms with Crippen LogP contribution >= 0.6 is 11.6 Å². The van der Waals surface area contributed by atoms with E-state index < -0.39 is 22.2 Å². The number of benzene rings is 1. The molecule has 37 heavy (non-hydrogen) atoms. The van der Waals surface area contributed by atoms with Gasteiger partial charge in [0.25, 0.3) is 5.91 Å². The van der Waals surface area contributed by atoms with E-state index in [1.165, 1.54) is 23.6 Å². The van der Waals surface area contributed by atoms with Gasteiger partial charge in [-0.25, -0.2) is 13.2 Å². The van der Waals surface area contributed by atoms with Crippen LogP contribution in [0.25, 0.3) is 0 Å². The first-order valence-electron chi connectivity index (χ1n) is 12.2. The van der Waals surface area contributed by atoms with Crippen LogP contribution in [0.15, 0.2) is 24.3 Å². The molecule has 9 nitrogen and oxygen atoms in total. The summed E-state index contributed by atoms with van der Waals surface area (Å²) >= 11 is 6.24. The Kier molecular flexibility index (Phi) is 12.6. The topological polar surface area (TPSA) is 110 Å². The highest BCUT2D eigenvalue weighted by Crippen LogP contribution is 2.18. The molecular weight excluding hydrogens is 537 g/mol. The highest BCUT2D eigenvalue weighted by atomic mass is 35.5. The molecular formula is C23H34ClF3N4O5S. The smallest absolute Gasteiger partial charge is 0.475 e. The highest BCUT2D eigenvalue weighted by Gasteiger charge is 2.38. The van der Waals surface area contributed by atoms with Crippen LogP contribution in [0.1, 0.15) is 36.0 Å². The van der Waals surface area contributed by atoms with E-state index in [0.717, 1.165) is 26.1 Å². The second-order valence-corrected chi connectivity index (χ2v) is 11.3. The molecule has 14 heteroatoms. The fourth-order valence-electron chi connectivity index (χ4n) is 4.07. The van der Waals surface area contributed by atoms with Crippen molar-refractivity contribution < 1.29 is 36.3 Å². The van der Waals surface area contributed by atoms with Crippen LogP contribution in [0, 0.1) is 0 Å². The van der Waals surface area contributed by atoms with Crippen LogP contribution in [-0.4, -0.2) is 110 Å². The number of halogens is 4. The Morgan fingerprint density at radius 2 is 1.62 bits per heavy atom. The zero-order valence-electron chi connectivity index (χ0n) is 20.6. The molecule has 3 rings (SSSR count). The normalized spacial score (nSPS) is 17.5. The first-order valence-corrected chi connectivity index (χ1v) is 14.2. The summed E-state index contributed by atoms with van der Waals surface area (Å²) in [5.41, 5.74) is 0.428. The lowest BCUT2D eigenvalue weighted by molar-refractivity contribution is -0.192. The van der Waals surface area contributed by atoms with Gasteiger partial charge in [0.05, 0.1) is 16.3 Å². The molecule has 1 aromatic rings. The molecule has 2 heterocycles.